The molecule has 0 aliphatic rings. The first kappa shape index (κ1) is 26.1. The second-order valence-electron chi connectivity index (χ2n) is 7.94. The summed E-state index contributed by atoms with van der Waals surface area (Å²) < 4.78 is 27.9. The van der Waals surface area contributed by atoms with Crippen LogP contribution < -0.4 is 9.62 Å². The van der Waals surface area contributed by atoms with Crippen LogP contribution in [0, 0.1) is 13.8 Å². The van der Waals surface area contributed by atoms with Gasteiger partial charge in [0.05, 0.1) is 10.6 Å². The zero-order valence-corrected chi connectivity index (χ0v) is 21.7. The number of thioether (sulfide) groups is 1. The third-order valence-electron chi connectivity index (χ3n) is 5.40. The molecule has 0 spiro atoms. The lowest BCUT2D eigenvalue weighted by atomic mass is 10.1. The zero-order chi connectivity index (χ0) is 24.6. The number of aryl methyl sites for hydroxylation is 2. The molecule has 3 aromatic rings. The van der Waals surface area contributed by atoms with Gasteiger partial charge in [0.25, 0.3) is 10.0 Å². The molecule has 34 heavy (non-hydrogen) atoms. The lowest BCUT2D eigenvalue weighted by Crippen LogP contribution is -2.41. The summed E-state index contributed by atoms with van der Waals surface area (Å²) in [6, 6.07) is 21.3. The second kappa shape index (κ2) is 12.3. The highest BCUT2D eigenvalue weighted by molar-refractivity contribution is 7.98. The molecule has 180 valence electrons. The first-order valence-corrected chi connectivity index (χ1v) is 14.0. The molecule has 0 heterocycles. The summed E-state index contributed by atoms with van der Waals surface area (Å²) >= 11 is 7.93. The minimum atomic E-state index is -3.90. The van der Waals surface area contributed by atoms with Crippen LogP contribution in [0.3, 0.4) is 0 Å². The van der Waals surface area contributed by atoms with E-state index < -0.39 is 10.0 Å². The molecule has 3 aromatic carbocycles. The van der Waals surface area contributed by atoms with E-state index in [0.717, 1.165) is 39.6 Å². The maximum Gasteiger partial charge on any atom is 0.264 e. The maximum atomic E-state index is 13.4. The number of benzene rings is 3. The van der Waals surface area contributed by atoms with Gasteiger partial charge in [0.2, 0.25) is 5.91 Å². The highest BCUT2D eigenvalue weighted by Crippen LogP contribution is 2.25. The van der Waals surface area contributed by atoms with E-state index >= 15 is 0 Å². The summed E-state index contributed by atoms with van der Waals surface area (Å²) in [5.74, 6) is 1.33. The van der Waals surface area contributed by atoms with Crippen LogP contribution in [-0.4, -0.2) is 33.2 Å². The van der Waals surface area contributed by atoms with E-state index in [1.165, 1.54) is 16.4 Å². The van der Waals surface area contributed by atoms with E-state index in [9.17, 15) is 13.2 Å². The Morgan fingerprint density at radius 3 is 2.38 bits per heavy atom. The Bertz CT molecular complexity index is 1220. The van der Waals surface area contributed by atoms with Crippen molar-refractivity contribution in [3.63, 3.8) is 0 Å². The van der Waals surface area contributed by atoms with Gasteiger partial charge in [-0.2, -0.15) is 11.8 Å². The van der Waals surface area contributed by atoms with Crippen LogP contribution in [0.4, 0.5) is 5.69 Å². The lowest BCUT2D eigenvalue weighted by Gasteiger charge is -2.25. The van der Waals surface area contributed by atoms with E-state index in [1.807, 2.05) is 44.2 Å². The van der Waals surface area contributed by atoms with Crippen molar-refractivity contribution in [2.24, 2.45) is 0 Å². The summed E-state index contributed by atoms with van der Waals surface area (Å²) in [6.45, 7) is 4.07. The predicted octanol–water partition coefficient (Wildman–Crippen LogP) is 5.59. The number of carbonyl (C=O) groups excluding carboxylic acids is 1. The summed E-state index contributed by atoms with van der Waals surface area (Å²) in [7, 11) is -3.90. The van der Waals surface area contributed by atoms with Gasteiger partial charge in [0, 0.05) is 17.3 Å². The van der Waals surface area contributed by atoms with Crippen molar-refractivity contribution in [2.75, 3.05) is 23.1 Å². The van der Waals surface area contributed by atoms with Gasteiger partial charge in [-0.25, -0.2) is 8.42 Å². The molecule has 0 aliphatic heterocycles. The fraction of sp³-hybridized carbons (Fsp3) is 0.269. The Kier molecular flexibility index (Phi) is 9.45. The van der Waals surface area contributed by atoms with Crippen LogP contribution in [0.1, 0.15) is 23.1 Å². The molecule has 0 radical (unpaired) electrons. The Morgan fingerprint density at radius 1 is 0.971 bits per heavy atom. The van der Waals surface area contributed by atoms with Gasteiger partial charge in [0.1, 0.15) is 6.54 Å². The Labute approximate surface area is 211 Å². The number of nitrogens with zero attached hydrogens (tertiary/aromatic N) is 1. The number of hydrogen-bond donors (Lipinski definition) is 1. The fourth-order valence-electron chi connectivity index (χ4n) is 3.30. The first-order chi connectivity index (χ1) is 16.3. The monoisotopic (exact) mass is 516 g/mol. The number of halogens is 1. The van der Waals surface area contributed by atoms with Crippen molar-refractivity contribution in [1.82, 2.24) is 5.32 Å². The number of hydrogen-bond acceptors (Lipinski definition) is 4. The Hall–Kier alpha value is -2.48. The molecule has 0 atom stereocenters. The number of anilines is 1. The predicted molar refractivity (Wildman–Crippen MR) is 142 cm³/mol. The van der Waals surface area contributed by atoms with Crippen LogP contribution in [0.25, 0.3) is 0 Å². The third kappa shape index (κ3) is 7.01. The molecule has 0 saturated carbocycles. The van der Waals surface area contributed by atoms with E-state index in [4.69, 9.17) is 11.6 Å². The average molecular weight is 517 g/mol. The van der Waals surface area contributed by atoms with Crippen LogP contribution in [0.5, 0.6) is 0 Å². The standard InChI is InChI=1S/C26H29ClN2O3S2/c1-20-13-14-23(17-21(20)2)29(34(31,32)24-10-4-3-5-11-24)18-26(30)28-15-8-16-33-19-22-9-6-7-12-25(22)27/h3-7,9-14,17H,8,15-16,18-19H2,1-2H3,(H,28,30). The number of sulfonamides is 1. The molecule has 0 bridgehead atoms. The largest absolute Gasteiger partial charge is 0.354 e. The average Bonchev–Trinajstić information content (AvgIpc) is 2.83. The molecule has 3 rings (SSSR count). The van der Waals surface area contributed by atoms with Gasteiger partial charge >= 0.3 is 0 Å². The minimum Gasteiger partial charge on any atom is -0.354 e. The second-order valence-corrected chi connectivity index (χ2v) is 11.3. The van der Waals surface area contributed by atoms with Gasteiger partial charge in [-0.05, 0) is 73.0 Å². The molecular formula is C26H29ClN2O3S2. The summed E-state index contributed by atoms with van der Waals surface area (Å²) in [5.41, 5.74) is 3.58. The Balaban J connectivity index is 1.60. The van der Waals surface area contributed by atoms with Crippen molar-refractivity contribution in [2.45, 2.75) is 30.9 Å². The van der Waals surface area contributed by atoms with Gasteiger partial charge in [-0.1, -0.05) is 54.1 Å². The van der Waals surface area contributed by atoms with Gasteiger partial charge in [0.15, 0.2) is 0 Å². The van der Waals surface area contributed by atoms with Crippen LogP contribution in [-0.2, 0) is 20.6 Å². The highest BCUT2D eigenvalue weighted by atomic mass is 35.5. The third-order valence-corrected chi connectivity index (χ3v) is 8.65. The molecule has 0 fully saturated rings. The number of carbonyl (C=O) groups is 1. The molecule has 0 saturated heterocycles. The van der Waals surface area contributed by atoms with Crippen molar-refractivity contribution in [1.29, 1.82) is 0 Å². The molecule has 8 heteroatoms. The molecule has 1 N–H and O–H groups in total. The normalized spacial score (nSPS) is 11.3. The summed E-state index contributed by atoms with van der Waals surface area (Å²) in [6.07, 6.45) is 0.774. The maximum absolute atomic E-state index is 13.4. The van der Waals surface area contributed by atoms with Gasteiger partial charge in [-0.15, -0.1) is 0 Å². The molecule has 0 unspecified atom stereocenters. The number of nitrogens with one attached hydrogen (secondary N) is 1. The summed E-state index contributed by atoms with van der Waals surface area (Å²) in [5, 5.41) is 3.62. The molecule has 0 aliphatic carbocycles. The smallest absolute Gasteiger partial charge is 0.264 e. The van der Waals surface area contributed by atoms with E-state index in [0.29, 0.717) is 12.2 Å². The topological polar surface area (TPSA) is 66.5 Å². The van der Waals surface area contributed by atoms with Crippen molar-refractivity contribution in [3.05, 3.63) is 94.5 Å². The van der Waals surface area contributed by atoms with Gasteiger partial charge < -0.3 is 5.32 Å². The van der Waals surface area contributed by atoms with Crippen LogP contribution >= 0.6 is 23.4 Å². The SMILES string of the molecule is Cc1ccc(N(CC(=O)NCCCSCc2ccccc2Cl)S(=O)(=O)c2ccccc2)cc1C. The summed E-state index contributed by atoms with van der Waals surface area (Å²) in [4.78, 5) is 12.9. The molecule has 5 nitrogen and oxygen atoms in total. The first-order valence-electron chi connectivity index (χ1n) is 11.0. The lowest BCUT2D eigenvalue weighted by molar-refractivity contribution is -0.119. The number of amides is 1. The fourth-order valence-corrected chi connectivity index (χ4v) is 5.98. The van der Waals surface area contributed by atoms with E-state index in [1.54, 1.807) is 42.1 Å². The quantitative estimate of drug-likeness (QED) is 0.337. The molecule has 0 aromatic heterocycles. The van der Waals surface area contributed by atoms with Crippen molar-refractivity contribution >= 4 is 45.0 Å². The molecular weight excluding hydrogens is 488 g/mol. The molecule has 1 amide bonds. The van der Waals surface area contributed by atoms with Crippen molar-refractivity contribution < 1.29 is 13.2 Å². The van der Waals surface area contributed by atoms with Crippen molar-refractivity contribution in [3.8, 4) is 0 Å². The van der Waals surface area contributed by atoms with Crippen LogP contribution in [0.15, 0.2) is 77.7 Å². The zero-order valence-electron chi connectivity index (χ0n) is 19.3. The van der Waals surface area contributed by atoms with Gasteiger partial charge in [-0.3, -0.25) is 9.10 Å². The Morgan fingerprint density at radius 2 is 1.68 bits per heavy atom. The minimum absolute atomic E-state index is 0.150. The highest BCUT2D eigenvalue weighted by Gasteiger charge is 2.27. The van der Waals surface area contributed by atoms with E-state index in [2.05, 4.69) is 5.32 Å². The number of rotatable bonds is 11. The van der Waals surface area contributed by atoms with Crippen LogP contribution in [0.2, 0.25) is 5.02 Å². The van der Waals surface area contributed by atoms with E-state index in [-0.39, 0.29) is 17.3 Å².